The first-order valence-corrected chi connectivity index (χ1v) is 8.20. The predicted molar refractivity (Wildman–Crippen MR) is 79.2 cm³/mol. The molecule has 2 fully saturated rings. The average molecular weight is 295 g/mol. The molecule has 3 rings (SSSR count). The summed E-state index contributed by atoms with van der Waals surface area (Å²) >= 11 is 1.35. The van der Waals surface area contributed by atoms with Crippen molar-refractivity contribution in [2.24, 2.45) is 0 Å². The van der Waals surface area contributed by atoms with Crippen LogP contribution < -0.4 is 5.32 Å². The van der Waals surface area contributed by atoms with E-state index in [1.54, 1.807) is 0 Å². The van der Waals surface area contributed by atoms with Crippen LogP contribution >= 0.6 is 11.3 Å². The van der Waals surface area contributed by atoms with Gasteiger partial charge in [-0.2, -0.15) is 0 Å². The van der Waals surface area contributed by atoms with Gasteiger partial charge in [0.15, 0.2) is 0 Å². The van der Waals surface area contributed by atoms with E-state index in [0.717, 1.165) is 31.2 Å². The summed E-state index contributed by atoms with van der Waals surface area (Å²) in [5.41, 5.74) is 0. The van der Waals surface area contributed by atoms with E-state index < -0.39 is 0 Å². The Morgan fingerprint density at radius 2 is 2.15 bits per heavy atom. The van der Waals surface area contributed by atoms with Crippen LogP contribution in [0.4, 0.5) is 5.13 Å². The number of anilines is 1. The van der Waals surface area contributed by atoms with Crippen LogP contribution in [0, 0.1) is 0 Å². The third kappa shape index (κ3) is 2.78. The molecule has 1 atom stereocenters. The lowest BCUT2D eigenvalue weighted by molar-refractivity contribution is 0.0779. The number of amides is 1. The van der Waals surface area contributed by atoms with Gasteiger partial charge in [-0.1, -0.05) is 11.3 Å². The van der Waals surface area contributed by atoms with Crippen molar-refractivity contribution < 1.29 is 4.79 Å². The Bertz CT molecular complexity index is 471. The van der Waals surface area contributed by atoms with Gasteiger partial charge < -0.3 is 10.2 Å². The van der Waals surface area contributed by atoms with E-state index in [9.17, 15) is 4.79 Å². The summed E-state index contributed by atoms with van der Waals surface area (Å²) in [6, 6.07) is 0.544. The molecule has 0 radical (unpaired) electrons. The zero-order valence-electron chi connectivity index (χ0n) is 11.8. The maximum absolute atomic E-state index is 12.4. The molecule has 20 heavy (non-hydrogen) atoms. The van der Waals surface area contributed by atoms with Gasteiger partial charge in [0.1, 0.15) is 0 Å². The fourth-order valence-corrected chi connectivity index (χ4v) is 3.78. The minimum atomic E-state index is 0.0355. The Kier molecular flexibility index (Phi) is 4.16. The lowest BCUT2D eigenvalue weighted by Gasteiger charge is -2.23. The molecule has 7 heteroatoms. The van der Waals surface area contributed by atoms with E-state index in [2.05, 4.69) is 20.4 Å². The van der Waals surface area contributed by atoms with Gasteiger partial charge in [-0.05, 0) is 39.3 Å². The fraction of sp³-hybridized carbons (Fsp3) is 0.769. The average Bonchev–Trinajstić information content (AvgIpc) is 3.19. The number of aromatic nitrogens is 2. The number of carbonyl (C=O) groups is 1. The molecule has 6 nitrogen and oxygen atoms in total. The number of nitrogens with one attached hydrogen (secondary N) is 1. The molecule has 2 saturated heterocycles. The molecule has 110 valence electrons. The number of carbonyl (C=O) groups excluding carboxylic acids is 1. The van der Waals surface area contributed by atoms with Crippen molar-refractivity contribution in [2.45, 2.75) is 32.2 Å². The third-order valence-corrected chi connectivity index (χ3v) is 4.91. The summed E-state index contributed by atoms with van der Waals surface area (Å²) in [7, 11) is 0. The van der Waals surface area contributed by atoms with Crippen LogP contribution in [0.3, 0.4) is 0 Å². The van der Waals surface area contributed by atoms with Crippen LogP contribution in [-0.2, 0) is 0 Å². The van der Waals surface area contributed by atoms with Gasteiger partial charge in [-0.15, -0.1) is 10.2 Å². The highest BCUT2D eigenvalue weighted by atomic mass is 32.1. The Morgan fingerprint density at radius 1 is 1.35 bits per heavy atom. The van der Waals surface area contributed by atoms with Crippen molar-refractivity contribution >= 4 is 22.4 Å². The zero-order chi connectivity index (χ0) is 13.9. The topological polar surface area (TPSA) is 61.4 Å². The Morgan fingerprint density at radius 3 is 2.90 bits per heavy atom. The highest BCUT2D eigenvalue weighted by Gasteiger charge is 2.33. The standard InChI is InChI=1S/C13H21N5OS/c1-2-14-13-16-15-11(20-13)12(19)18-8-5-10(9-18)17-6-3-4-7-17/h10H,2-9H2,1H3,(H,14,16). The van der Waals surface area contributed by atoms with E-state index in [4.69, 9.17) is 0 Å². The molecule has 0 spiro atoms. The van der Waals surface area contributed by atoms with Gasteiger partial charge in [-0.3, -0.25) is 9.69 Å². The normalized spacial score (nSPS) is 23.4. The monoisotopic (exact) mass is 295 g/mol. The molecule has 3 heterocycles. The SMILES string of the molecule is CCNc1nnc(C(=O)N2CCC(N3CCCC3)C2)s1. The van der Waals surface area contributed by atoms with Crippen LogP contribution in [0.1, 0.15) is 36.0 Å². The second-order valence-corrected chi connectivity index (χ2v) is 6.36. The number of rotatable bonds is 4. The van der Waals surface area contributed by atoms with Crippen LogP contribution in [0.5, 0.6) is 0 Å². The predicted octanol–water partition coefficient (Wildman–Crippen LogP) is 1.28. The highest BCUT2D eigenvalue weighted by molar-refractivity contribution is 7.17. The lowest BCUT2D eigenvalue weighted by atomic mass is 10.2. The van der Waals surface area contributed by atoms with Gasteiger partial charge in [0.25, 0.3) is 5.91 Å². The second kappa shape index (κ2) is 6.05. The summed E-state index contributed by atoms with van der Waals surface area (Å²) in [4.78, 5) is 16.9. The summed E-state index contributed by atoms with van der Waals surface area (Å²) in [6.45, 7) is 6.87. The molecule has 1 amide bonds. The first-order chi connectivity index (χ1) is 9.78. The van der Waals surface area contributed by atoms with Crippen LogP contribution in [0.15, 0.2) is 0 Å². The van der Waals surface area contributed by atoms with E-state index >= 15 is 0 Å². The number of likely N-dealkylation sites (tertiary alicyclic amines) is 2. The molecule has 2 aliphatic rings. The van der Waals surface area contributed by atoms with E-state index in [1.165, 1.54) is 37.3 Å². The second-order valence-electron chi connectivity index (χ2n) is 5.38. The van der Waals surface area contributed by atoms with Crippen LogP contribution in [-0.4, -0.2) is 64.7 Å². The highest BCUT2D eigenvalue weighted by Crippen LogP contribution is 2.23. The van der Waals surface area contributed by atoms with E-state index in [0.29, 0.717) is 11.0 Å². The molecule has 1 aromatic heterocycles. The largest absolute Gasteiger partial charge is 0.360 e. The molecular formula is C13H21N5OS. The zero-order valence-corrected chi connectivity index (χ0v) is 12.7. The summed E-state index contributed by atoms with van der Waals surface area (Å²) < 4.78 is 0. The quantitative estimate of drug-likeness (QED) is 0.906. The smallest absolute Gasteiger partial charge is 0.284 e. The maximum atomic E-state index is 12.4. The van der Waals surface area contributed by atoms with Crippen molar-refractivity contribution in [1.29, 1.82) is 0 Å². The molecule has 0 bridgehead atoms. The fourth-order valence-electron chi connectivity index (χ4n) is 3.00. The molecule has 2 aliphatic heterocycles. The maximum Gasteiger partial charge on any atom is 0.284 e. The van der Waals surface area contributed by atoms with Gasteiger partial charge in [0, 0.05) is 25.7 Å². The van der Waals surface area contributed by atoms with Gasteiger partial charge >= 0.3 is 0 Å². The number of hydrogen-bond acceptors (Lipinski definition) is 6. The van der Waals surface area contributed by atoms with Crippen molar-refractivity contribution in [3.05, 3.63) is 5.01 Å². The van der Waals surface area contributed by atoms with Crippen LogP contribution in [0.2, 0.25) is 0 Å². The molecule has 0 aromatic carbocycles. The van der Waals surface area contributed by atoms with E-state index in [1.807, 2.05) is 11.8 Å². The number of hydrogen-bond donors (Lipinski definition) is 1. The van der Waals surface area contributed by atoms with Crippen molar-refractivity contribution in [1.82, 2.24) is 20.0 Å². The molecular weight excluding hydrogens is 274 g/mol. The third-order valence-electron chi connectivity index (χ3n) is 4.04. The molecule has 1 N–H and O–H groups in total. The minimum Gasteiger partial charge on any atom is -0.360 e. The Labute approximate surface area is 123 Å². The Balaban J connectivity index is 1.59. The van der Waals surface area contributed by atoms with Gasteiger partial charge in [0.05, 0.1) is 0 Å². The summed E-state index contributed by atoms with van der Waals surface area (Å²) in [5.74, 6) is 0.0355. The Hall–Kier alpha value is -1.21. The first kappa shape index (κ1) is 13.8. The van der Waals surface area contributed by atoms with E-state index in [-0.39, 0.29) is 5.91 Å². The minimum absolute atomic E-state index is 0.0355. The molecule has 0 saturated carbocycles. The molecule has 0 aliphatic carbocycles. The lowest BCUT2D eigenvalue weighted by Crippen LogP contribution is -2.37. The molecule has 1 unspecified atom stereocenters. The first-order valence-electron chi connectivity index (χ1n) is 7.38. The summed E-state index contributed by atoms with van der Waals surface area (Å²) in [5, 5.41) is 12.3. The summed E-state index contributed by atoms with van der Waals surface area (Å²) in [6.07, 6.45) is 3.68. The van der Waals surface area contributed by atoms with Crippen molar-refractivity contribution in [3.63, 3.8) is 0 Å². The molecule has 1 aromatic rings. The van der Waals surface area contributed by atoms with Crippen molar-refractivity contribution in [3.8, 4) is 0 Å². The number of nitrogens with zero attached hydrogens (tertiary/aromatic N) is 4. The van der Waals surface area contributed by atoms with Gasteiger partial charge in [-0.25, -0.2) is 0 Å². The van der Waals surface area contributed by atoms with Crippen LogP contribution in [0.25, 0.3) is 0 Å². The van der Waals surface area contributed by atoms with Gasteiger partial charge in [0.2, 0.25) is 10.1 Å². The van der Waals surface area contributed by atoms with Crippen molar-refractivity contribution in [2.75, 3.05) is 38.0 Å².